The molecule has 0 aliphatic rings. The summed E-state index contributed by atoms with van der Waals surface area (Å²) < 4.78 is 0. The van der Waals surface area contributed by atoms with Crippen molar-refractivity contribution in [1.29, 1.82) is 0 Å². The summed E-state index contributed by atoms with van der Waals surface area (Å²) >= 11 is 0. The predicted octanol–water partition coefficient (Wildman–Crippen LogP) is 3.17. The fourth-order valence-electron chi connectivity index (χ4n) is 2.06. The minimum Gasteiger partial charge on any atom is -0.289 e. The van der Waals surface area contributed by atoms with E-state index in [-0.39, 0.29) is 5.78 Å². The Morgan fingerprint density at radius 3 is 2.42 bits per heavy atom. The molecule has 19 heavy (non-hydrogen) atoms. The number of aromatic nitrogens is 2. The van der Waals surface area contributed by atoms with E-state index in [1.165, 1.54) is 0 Å². The number of carbonyl (C=O) groups is 1. The zero-order chi connectivity index (χ0) is 13.2. The van der Waals surface area contributed by atoms with E-state index in [1.807, 2.05) is 37.3 Å². The largest absolute Gasteiger partial charge is 0.289 e. The molecule has 0 atom stereocenters. The molecule has 0 bridgehead atoms. The molecule has 3 nitrogen and oxygen atoms in total. The smallest absolute Gasteiger partial charge is 0.193 e. The van der Waals surface area contributed by atoms with Crippen LogP contribution in [0.2, 0.25) is 0 Å². The number of carbonyl (C=O) groups excluding carboxylic acids is 1. The molecule has 2 aromatic carbocycles. The summed E-state index contributed by atoms with van der Waals surface area (Å²) in [6.07, 6.45) is 3.27. The second-order valence-corrected chi connectivity index (χ2v) is 4.46. The third kappa shape index (κ3) is 2.22. The molecule has 1 heterocycles. The summed E-state index contributed by atoms with van der Waals surface area (Å²) in [5.41, 5.74) is 3.94. The van der Waals surface area contributed by atoms with Gasteiger partial charge in [0, 0.05) is 23.5 Å². The number of rotatable bonds is 2. The summed E-state index contributed by atoms with van der Waals surface area (Å²) in [6, 6.07) is 13.0. The van der Waals surface area contributed by atoms with E-state index in [1.54, 1.807) is 24.5 Å². The van der Waals surface area contributed by atoms with Crippen molar-refractivity contribution >= 4 is 16.8 Å². The van der Waals surface area contributed by atoms with Crippen LogP contribution in [-0.4, -0.2) is 15.8 Å². The highest BCUT2D eigenvalue weighted by molar-refractivity contribution is 6.10. The Hall–Kier alpha value is -2.55. The van der Waals surface area contributed by atoms with Crippen LogP contribution >= 0.6 is 0 Å². The Kier molecular flexibility index (Phi) is 2.80. The molecule has 0 spiro atoms. The molecule has 1 aromatic heterocycles. The fraction of sp³-hybridized carbons (Fsp3) is 0.0625. The van der Waals surface area contributed by atoms with E-state index in [2.05, 4.69) is 9.97 Å². The molecule has 0 radical (unpaired) electrons. The first kappa shape index (κ1) is 11.5. The van der Waals surface area contributed by atoms with Crippen LogP contribution in [0.1, 0.15) is 21.5 Å². The van der Waals surface area contributed by atoms with Crippen molar-refractivity contribution in [3.05, 3.63) is 71.5 Å². The zero-order valence-electron chi connectivity index (χ0n) is 10.5. The molecule has 0 amide bonds. The summed E-state index contributed by atoms with van der Waals surface area (Å²) in [5, 5.41) is 0. The molecule has 0 unspecified atom stereocenters. The molecular weight excluding hydrogens is 236 g/mol. The van der Waals surface area contributed by atoms with Gasteiger partial charge in [0.2, 0.25) is 0 Å². The van der Waals surface area contributed by atoms with Crippen molar-refractivity contribution in [1.82, 2.24) is 9.97 Å². The maximum absolute atomic E-state index is 12.4. The van der Waals surface area contributed by atoms with Crippen molar-refractivity contribution in [2.75, 3.05) is 0 Å². The van der Waals surface area contributed by atoms with Gasteiger partial charge in [0.25, 0.3) is 0 Å². The van der Waals surface area contributed by atoms with Gasteiger partial charge in [0.05, 0.1) is 11.0 Å². The van der Waals surface area contributed by atoms with Gasteiger partial charge in [-0.1, -0.05) is 23.8 Å². The lowest BCUT2D eigenvalue weighted by Crippen LogP contribution is -2.01. The van der Waals surface area contributed by atoms with Crippen molar-refractivity contribution in [2.45, 2.75) is 6.92 Å². The van der Waals surface area contributed by atoms with Crippen LogP contribution < -0.4 is 0 Å². The summed E-state index contributed by atoms with van der Waals surface area (Å²) in [5.74, 6) is 0.0104. The molecule has 3 heteroatoms. The normalized spacial score (nSPS) is 10.6. The third-order valence-corrected chi connectivity index (χ3v) is 3.01. The molecular formula is C16H12N2O. The van der Waals surface area contributed by atoms with Gasteiger partial charge in [-0.2, -0.15) is 0 Å². The highest BCUT2D eigenvalue weighted by Crippen LogP contribution is 2.15. The number of nitrogens with zero attached hydrogens (tertiary/aromatic N) is 2. The van der Waals surface area contributed by atoms with Gasteiger partial charge in [-0.15, -0.1) is 0 Å². The van der Waals surface area contributed by atoms with E-state index < -0.39 is 0 Å². The Morgan fingerprint density at radius 2 is 1.63 bits per heavy atom. The second-order valence-electron chi connectivity index (χ2n) is 4.46. The quantitative estimate of drug-likeness (QED) is 0.654. The van der Waals surface area contributed by atoms with Crippen LogP contribution in [0.3, 0.4) is 0 Å². The van der Waals surface area contributed by atoms with Crippen molar-refractivity contribution < 1.29 is 4.79 Å². The first-order valence-electron chi connectivity index (χ1n) is 6.06. The van der Waals surface area contributed by atoms with Gasteiger partial charge in [-0.3, -0.25) is 14.8 Å². The molecule has 0 aliphatic heterocycles. The van der Waals surface area contributed by atoms with Crippen LogP contribution in [0.5, 0.6) is 0 Å². The maximum atomic E-state index is 12.4. The summed E-state index contributed by atoms with van der Waals surface area (Å²) in [4.78, 5) is 20.8. The van der Waals surface area contributed by atoms with Crippen molar-refractivity contribution in [3.8, 4) is 0 Å². The topological polar surface area (TPSA) is 42.9 Å². The fourth-order valence-corrected chi connectivity index (χ4v) is 2.06. The average molecular weight is 248 g/mol. The molecule has 3 aromatic rings. The van der Waals surface area contributed by atoms with Crippen LogP contribution in [0, 0.1) is 6.92 Å². The van der Waals surface area contributed by atoms with Crippen LogP contribution in [0.4, 0.5) is 0 Å². The van der Waals surface area contributed by atoms with Gasteiger partial charge < -0.3 is 0 Å². The molecule has 0 fully saturated rings. The second kappa shape index (κ2) is 4.61. The summed E-state index contributed by atoms with van der Waals surface area (Å²) in [6.45, 7) is 1.97. The lowest BCUT2D eigenvalue weighted by Gasteiger charge is -2.03. The molecule has 0 saturated carbocycles. The van der Waals surface area contributed by atoms with Gasteiger partial charge in [0.15, 0.2) is 5.78 Å². The van der Waals surface area contributed by atoms with Crippen LogP contribution in [0.25, 0.3) is 11.0 Å². The number of aryl methyl sites for hydroxylation is 1. The molecule has 0 N–H and O–H groups in total. The monoisotopic (exact) mass is 248 g/mol. The molecule has 0 aliphatic carbocycles. The van der Waals surface area contributed by atoms with E-state index in [4.69, 9.17) is 0 Å². The highest BCUT2D eigenvalue weighted by atomic mass is 16.1. The lowest BCUT2D eigenvalue weighted by molar-refractivity contribution is 0.103. The predicted molar refractivity (Wildman–Crippen MR) is 74.1 cm³/mol. The third-order valence-electron chi connectivity index (χ3n) is 3.01. The zero-order valence-corrected chi connectivity index (χ0v) is 10.5. The van der Waals surface area contributed by atoms with Crippen molar-refractivity contribution in [3.63, 3.8) is 0 Å². The first-order valence-corrected chi connectivity index (χ1v) is 6.06. The highest BCUT2D eigenvalue weighted by Gasteiger charge is 2.10. The SMILES string of the molecule is Cc1cccc(C(=O)c2ccc3nccnc3c2)c1. The number of hydrogen-bond acceptors (Lipinski definition) is 3. The van der Waals surface area contributed by atoms with Gasteiger partial charge in [-0.25, -0.2) is 0 Å². The van der Waals surface area contributed by atoms with E-state index in [9.17, 15) is 4.79 Å². The van der Waals surface area contributed by atoms with Gasteiger partial charge in [-0.05, 0) is 31.2 Å². The molecule has 3 rings (SSSR count). The summed E-state index contributed by atoms with van der Waals surface area (Å²) in [7, 11) is 0. The molecule has 92 valence electrons. The number of hydrogen-bond donors (Lipinski definition) is 0. The Morgan fingerprint density at radius 1 is 0.895 bits per heavy atom. The lowest BCUT2D eigenvalue weighted by atomic mass is 10.0. The number of ketones is 1. The number of fused-ring (bicyclic) bond motifs is 1. The molecule has 0 saturated heterocycles. The average Bonchev–Trinajstić information content (AvgIpc) is 2.46. The maximum Gasteiger partial charge on any atom is 0.193 e. The van der Waals surface area contributed by atoms with Crippen molar-refractivity contribution in [2.24, 2.45) is 0 Å². The van der Waals surface area contributed by atoms with E-state index in [0.717, 1.165) is 16.6 Å². The Balaban J connectivity index is 2.06. The van der Waals surface area contributed by atoms with E-state index >= 15 is 0 Å². The van der Waals surface area contributed by atoms with Gasteiger partial charge >= 0.3 is 0 Å². The minimum atomic E-state index is 0.0104. The Bertz CT molecular complexity index is 765. The minimum absolute atomic E-state index is 0.0104. The van der Waals surface area contributed by atoms with Crippen LogP contribution in [-0.2, 0) is 0 Å². The standard InChI is InChI=1S/C16H12N2O/c1-11-3-2-4-12(9-11)16(19)13-5-6-14-15(10-13)18-8-7-17-14/h2-10H,1H3. The first-order chi connectivity index (χ1) is 9.24. The Labute approximate surface area is 111 Å². The number of benzene rings is 2. The van der Waals surface area contributed by atoms with Crippen LogP contribution in [0.15, 0.2) is 54.9 Å². The van der Waals surface area contributed by atoms with E-state index in [0.29, 0.717) is 11.1 Å². The van der Waals surface area contributed by atoms with Gasteiger partial charge in [0.1, 0.15) is 0 Å².